The van der Waals surface area contributed by atoms with Gasteiger partial charge in [-0.05, 0) is 72.3 Å². The summed E-state index contributed by atoms with van der Waals surface area (Å²) < 4.78 is 6.27. The van der Waals surface area contributed by atoms with Gasteiger partial charge in [0.1, 0.15) is 11.3 Å². The Morgan fingerprint density at radius 3 is 2.29 bits per heavy atom. The van der Waals surface area contributed by atoms with Gasteiger partial charge in [0.05, 0.1) is 5.69 Å². The number of barbiturate groups is 1. The van der Waals surface area contributed by atoms with Crippen LogP contribution in [-0.4, -0.2) is 30.4 Å². The van der Waals surface area contributed by atoms with Crippen LogP contribution in [0.15, 0.2) is 82.8 Å². The molecular weight excluding hydrogens is 538 g/mol. The van der Waals surface area contributed by atoms with E-state index < -0.39 is 17.8 Å². The molecule has 10 heteroatoms. The smallest absolute Gasteiger partial charge is 0.335 e. The number of ether oxygens (including phenoxy) is 1. The SMILES string of the molecule is O=C(COc1ccc(/C=C2\C(=O)NC(=O)N(c3ccc(Br)cc3)C2=O)cc1)Nc1ccc(Cl)cc1. The van der Waals surface area contributed by atoms with E-state index in [1.807, 2.05) is 0 Å². The highest BCUT2D eigenvalue weighted by atomic mass is 79.9. The van der Waals surface area contributed by atoms with Gasteiger partial charge < -0.3 is 10.1 Å². The molecule has 1 saturated heterocycles. The third kappa shape index (κ3) is 5.95. The number of imide groups is 2. The Hall–Kier alpha value is -3.95. The largest absolute Gasteiger partial charge is 0.484 e. The highest BCUT2D eigenvalue weighted by Gasteiger charge is 2.36. The van der Waals surface area contributed by atoms with Crippen LogP contribution in [0.25, 0.3) is 6.08 Å². The maximum Gasteiger partial charge on any atom is 0.335 e. The molecule has 0 bridgehead atoms. The molecule has 1 aliphatic rings. The number of anilines is 2. The van der Waals surface area contributed by atoms with E-state index in [0.29, 0.717) is 27.7 Å². The zero-order valence-electron chi connectivity index (χ0n) is 18.0. The molecule has 3 aromatic carbocycles. The molecule has 176 valence electrons. The number of nitrogens with one attached hydrogen (secondary N) is 2. The van der Waals surface area contributed by atoms with Crippen molar-refractivity contribution in [3.05, 3.63) is 93.4 Å². The fourth-order valence-electron chi connectivity index (χ4n) is 3.19. The van der Waals surface area contributed by atoms with Crippen molar-refractivity contribution in [1.29, 1.82) is 0 Å². The maximum atomic E-state index is 12.9. The van der Waals surface area contributed by atoms with Crippen LogP contribution in [0.2, 0.25) is 5.02 Å². The summed E-state index contributed by atoms with van der Waals surface area (Å²) in [6.45, 7) is -0.214. The fourth-order valence-corrected chi connectivity index (χ4v) is 3.58. The molecule has 1 fully saturated rings. The van der Waals surface area contributed by atoms with E-state index in [1.165, 1.54) is 6.08 Å². The summed E-state index contributed by atoms with van der Waals surface area (Å²) in [5.74, 6) is -1.45. The van der Waals surface area contributed by atoms with Crippen LogP contribution >= 0.6 is 27.5 Å². The molecule has 35 heavy (non-hydrogen) atoms. The minimum atomic E-state index is -0.819. The second kappa shape index (κ2) is 10.5. The molecular formula is C25H17BrClN3O5. The molecule has 2 N–H and O–H groups in total. The predicted molar refractivity (Wildman–Crippen MR) is 135 cm³/mol. The van der Waals surface area contributed by atoms with Crippen molar-refractivity contribution in [3.8, 4) is 5.75 Å². The molecule has 0 spiro atoms. The molecule has 0 aromatic heterocycles. The average Bonchev–Trinajstić information content (AvgIpc) is 2.84. The Labute approximate surface area is 213 Å². The van der Waals surface area contributed by atoms with Crippen LogP contribution in [0.1, 0.15) is 5.56 Å². The Kier molecular flexibility index (Phi) is 7.28. The lowest BCUT2D eigenvalue weighted by molar-refractivity contribution is -0.122. The zero-order chi connectivity index (χ0) is 24.9. The van der Waals surface area contributed by atoms with Crippen LogP contribution in [-0.2, 0) is 14.4 Å². The molecule has 0 aliphatic carbocycles. The summed E-state index contributed by atoms with van der Waals surface area (Å²) in [6.07, 6.45) is 1.38. The van der Waals surface area contributed by atoms with Crippen molar-refractivity contribution in [2.24, 2.45) is 0 Å². The monoisotopic (exact) mass is 553 g/mol. The van der Waals surface area contributed by atoms with Crippen LogP contribution in [0.3, 0.4) is 0 Å². The molecule has 0 atom stereocenters. The van der Waals surface area contributed by atoms with Crippen molar-refractivity contribution >= 4 is 68.7 Å². The molecule has 5 amide bonds. The molecule has 4 rings (SSSR count). The molecule has 0 radical (unpaired) electrons. The van der Waals surface area contributed by atoms with Crippen LogP contribution in [0.4, 0.5) is 16.2 Å². The highest BCUT2D eigenvalue weighted by molar-refractivity contribution is 9.10. The number of benzene rings is 3. The van der Waals surface area contributed by atoms with E-state index >= 15 is 0 Å². The number of carbonyl (C=O) groups is 4. The van der Waals surface area contributed by atoms with Gasteiger partial charge >= 0.3 is 6.03 Å². The Bertz CT molecular complexity index is 1320. The quantitative estimate of drug-likeness (QED) is 0.337. The first kappa shape index (κ1) is 24.2. The number of rotatable bonds is 6. The molecule has 1 aliphatic heterocycles. The maximum absolute atomic E-state index is 12.9. The second-order valence-electron chi connectivity index (χ2n) is 7.35. The highest BCUT2D eigenvalue weighted by Crippen LogP contribution is 2.24. The van der Waals surface area contributed by atoms with E-state index in [-0.39, 0.29) is 18.1 Å². The number of hydrogen-bond donors (Lipinski definition) is 2. The van der Waals surface area contributed by atoms with Gasteiger partial charge in [0.15, 0.2) is 6.61 Å². The summed E-state index contributed by atoms with van der Waals surface area (Å²) in [4.78, 5) is 50.5. The van der Waals surface area contributed by atoms with Gasteiger partial charge in [-0.25, -0.2) is 9.69 Å². The number of halogens is 2. The third-order valence-electron chi connectivity index (χ3n) is 4.88. The molecule has 0 saturated carbocycles. The van der Waals surface area contributed by atoms with Crippen molar-refractivity contribution in [1.82, 2.24) is 5.32 Å². The van der Waals surface area contributed by atoms with Crippen LogP contribution in [0, 0.1) is 0 Å². The first-order chi connectivity index (χ1) is 16.8. The summed E-state index contributed by atoms with van der Waals surface area (Å²) in [5.41, 5.74) is 1.26. The van der Waals surface area contributed by atoms with Crippen molar-refractivity contribution in [2.45, 2.75) is 0 Å². The first-order valence-electron chi connectivity index (χ1n) is 10.3. The molecule has 8 nitrogen and oxygen atoms in total. The normalized spacial score (nSPS) is 14.6. The minimum Gasteiger partial charge on any atom is -0.484 e. The Morgan fingerprint density at radius 2 is 1.63 bits per heavy atom. The van der Waals surface area contributed by atoms with Crippen molar-refractivity contribution in [3.63, 3.8) is 0 Å². The number of hydrogen-bond acceptors (Lipinski definition) is 5. The van der Waals surface area contributed by atoms with Crippen LogP contribution < -0.4 is 20.3 Å². The van der Waals surface area contributed by atoms with Gasteiger partial charge in [-0.15, -0.1) is 0 Å². The zero-order valence-corrected chi connectivity index (χ0v) is 20.3. The van der Waals surface area contributed by atoms with Crippen molar-refractivity contribution < 1.29 is 23.9 Å². The molecule has 0 unspecified atom stereocenters. The summed E-state index contributed by atoms with van der Waals surface area (Å²) >= 11 is 9.13. The molecule has 1 heterocycles. The van der Waals surface area contributed by atoms with Gasteiger partial charge in [0.25, 0.3) is 17.7 Å². The van der Waals surface area contributed by atoms with E-state index in [2.05, 4.69) is 26.6 Å². The Balaban J connectivity index is 1.42. The lowest BCUT2D eigenvalue weighted by Gasteiger charge is -2.26. The lowest BCUT2D eigenvalue weighted by Crippen LogP contribution is -2.54. The standard InChI is InChI=1S/C25H17BrClN3O5/c26-16-3-9-19(10-4-16)30-24(33)21(23(32)29-25(30)34)13-15-1-11-20(12-2-15)35-14-22(31)28-18-7-5-17(27)6-8-18/h1-13H,14H2,(H,28,31)(H,29,32,34)/b21-13+. The fraction of sp³-hybridized carbons (Fsp3) is 0.0400. The number of nitrogens with zero attached hydrogens (tertiary/aromatic N) is 1. The second-order valence-corrected chi connectivity index (χ2v) is 8.70. The number of amides is 5. The lowest BCUT2D eigenvalue weighted by atomic mass is 10.1. The summed E-state index contributed by atoms with van der Waals surface area (Å²) in [5, 5.41) is 5.44. The summed E-state index contributed by atoms with van der Waals surface area (Å²) in [7, 11) is 0. The average molecular weight is 555 g/mol. The van der Waals surface area contributed by atoms with Gasteiger partial charge in [0.2, 0.25) is 0 Å². The van der Waals surface area contributed by atoms with E-state index in [1.54, 1.807) is 72.8 Å². The van der Waals surface area contributed by atoms with Crippen LogP contribution in [0.5, 0.6) is 5.75 Å². The minimum absolute atomic E-state index is 0.191. The summed E-state index contributed by atoms with van der Waals surface area (Å²) in [6, 6.07) is 18.9. The first-order valence-corrected chi connectivity index (χ1v) is 11.4. The van der Waals surface area contributed by atoms with Gasteiger partial charge in [-0.1, -0.05) is 39.7 Å². The van der Waals surface area contributed by atoms with E-state index in [0.717, 1.165) is 9.37 Å². The van der Waals surface area contributed by atoms with Crippen molar-refractivity contribution in [2.75, 3.05) is 16.8 Å². The van der Waals surface area contributed by atoms with E-state index in [4.69, 9.17) is 16.3 Å². The Morgan fingerprint density at radius 1 is 0.971 bits per heavy atom. The predicted octanol–water partition coefficient (Wildman–Crippen LogP) is 4.79. The number of carbonyl (C=O) groups excluding carboxylic acids is 4. The van der Waals surface area contributed by atoms with Gasteiger partial charge in [0, 0.05) is 15.2 Å². The third-order valence-corrected chi connectivity index (χ3v) is 5.66. The van der Waals surface area contributed by atoms with E-state index in [9.17, 15) is 19.2 Å². The number of urea groups is 1. The van der Waals surface area contributed by atoms with Gasteiger partial charge in [-0.3, -0.25) is 19.7 Å². The molecule has 3 aromatic rings. The van der Waals surface area contributed by atoms with Gasteiger partial charge in [-0.2, -0.15) is 0 Å². The topological polar surface area (TPSA) is 105 Å².